The van der Waals surface area contributed by atoms with Gasteiger partial charge in [-0.2, -0.15) is 13.2 Å². The summed E-state index contributed by atoms with van der Waals surface area (Å²) < 4.78 is 62.9. The normalized spacial score (nSPS) is 13.2. The summed E-state index contributed by atoms with van der Waals surface area (Å²) in [5.41, 5.74) is 0.277. The van der Waals surface area contributed by atoms with E-state index < -0.39 is 30.3 Å². The zero-order valence-corrected chi connectivity index (χ0v) is 16.4. The van der Waals surface area contributed by atoms with Gasteiger partial charge in [-0.25, -0.2) is 8.78 Å². The number of guanidine groups is 1. The fourth-order valence-electron chi connectivity index (χ4n) is 2.08. The van der Waals surface area contributed by atoms with E-state index in [4.69, 9.17) is 0 Å². The SMILES string of the molecule is CCNC(=NCCCCC(F)(F)F)NC(C)c1ccc(F)cc1F.I. The van der Waals surface area contributed by atoms with E-state index in [0.717, 1.165) is 12.1 Å². The third-order valence-corrected chi connectivity index (χ3v) is 3.26. The first kappa shape index (κ1) is 23.9. The van der Waals surface area contributed by atoms with Crippen LogP contribution in [0.5, 0.6) is 0 Å². The van der Waals surface area contributed by atoms with Crippen LogP contribution in [0.1, 0.15) is 44.7 Å². The Kier molecular flexibility index (Phi) is 11.0. The van der Waals surface area contributed by atoms with E-state index in [0.29, 0.717) is 18.9 Å². The molecular formula is C16H23F5IN3. The van der Waals surface area contributed by atoms with Crippen LogP contribution in [0.4, 0.5) is 22.0 Å². The minimum atomic E-state index is -4.15. The Hall–Kier alpha value is -1.13. The van der Waals surface area contributed by atoms with Gasteiger partial charge in [0.15, 0.2) is 5.96 Å². The van der Waals surface area contributed by atoms with Gasteiger partial charge in [0.05, 0.1) is 6.04 Å². The first-order valence-electron chi connectivity index (χ1n) is 7.79. The molecule has 0 heterocycles. The number of hydrogen-bond donors (Lipinski definition) is 2. The quantitative estimate of drug-likeness (QED) is 0.191. The van der Waals surface area contributed by atoms with E-state index in [1.807, 2.05) is 6.92 Å². The molecule has 1 unspecified atom stereocenters. The minimum Gasteiger partial charge on any atom is -0.357 e. The Labute approximate surface area is 161 Å². The van der Waals surface area contributed by atoms with Crippen LogP contribution in [0.15, 0.2) is 23.2 Å². The van der Waals surface area contributed by atoms with Crippen LogP contribution in [0.3, 0.4) is 0 Å². The summed E-state index contributed by atoms with van der Waals surface area (Å²) in [7, 11) is 0. The molecule has 2 N–H and O–H groups in total. The van der Waals surface area contributed by atoms with Crippen LogP contribution < -0.4 is 10.6 Å². The number of nitrogens with zero attached hydrogens (tertiary/aromatic N) is 1. The maximum absolute atomic E-state index is 13.8. The minimum absolute atomic E-state index is 0. The van der Waals surface area contributed by atoms with Crippen molar-refractivity contribution >= 4 is 29.9 Å². The van der Waals surface area contributed by atoms with Crippen LogP contribution in [-0.2, 0) is 0 Å². The second-order valence-electron chi connectivity index (χ2n) is 5.36. The summed E-state index contributed by atoms with van der Waals surface area (Å²) in [5, 5.41) is 5.90. The molecule has 0 saturated heterocycles. The lowest BCUT2D eigenvalue weighted by atomic mass is 10.1. The van der Waals surface area contributed by atoms with Crippen molar-refractivity contribution in [1.29, 1.82) is 0 Å². The molecule has 9 heteroatoms. The van der Waals surface area contributed by atoms with E-state index in [-0.39, 0.29) is 42.5 Å². The maximum atomic E-state index is 13.8. The molecule has 0 fully saturated rings. The second-order valence-corrected chi connectivity index (χ2v) is 5.36. The molecule has 25 heavy (non-hydrogen) atoms. The molecule has 0 amide bonds. The van der Waals surface area contributed by atoms with Crippen molar-refractivity contribution in [3.05, 3.63) is 35.4 Å². The number of halogens is 6. The van der Waals surface area contributed by atoms with Gasteiger partial charge in [-0.3, -0.25) is 4.99 Å². The molecule has 0 aromatic heterocycles. The molecular weight excluding hydrogens is 456 g/mol. The van der Waals surface area contributed by atoms with Crippen molar-refractivity contribution in [2.24, 2.45) is 4.99 Å². The first-order chi connectivity index (χ1) is 11.2. The highest BCUT2D eigenvalue weighted by molar-refractivity contribution is 14.0. The Morgan fingerprint density at radius 3 is 2.44 bits per heavy atom. The van der Waals surface area contributed by atoms with Crippen molar-refractivity contribution in [1.82, 2.24) is 10.6 Å². The van der Waals surface area contributed by atoms with Gasteiger partial charge >= 0.3 is 6.18 Å². The molecule has 0 bridgehead atoms. The molecule has 0 aliphatic rings. The van der Waals surface area contributed by atoms with E-state index in [1.54, 1.807) is 6.92 Å². The molecule has 0 radical (unpaired) electrons. The maximum Gasteiger partial charge on any atom is 0.389 e. The number of nitrogens with one attached hydrogen (secondary N) is 2. The second kappa shape index (κ2) is 11.5. The standard InChI is InChI=1S/C16H22F5N3.HI/c1-3-22-15(23-9-5-4-8-16(19,20)21)24-11(2)13-7-6-12(17)10-14(13)18;/h6-7,10-11H,3-5,8-9H2,1-2H3,(H2,22,23,24);1H. The molecule has 1 atom stereocenters. The lowest BCUT2D eigenvalue weighted by Gasteiger charge is -2.18. The van der Waals surface area contributed by atoms with Crippen molar-refractivity contribution in [3.8, 4) is 0 Å². The summed E-state index contributed by atoms with van der Waals surface area (Å²) in [6.45, 7) is 4.30. The summed E-state index contributed by atoms with van der Waals surface area (Å²) in [6, 6.07) is 2.83. The number of benzene rings is 1. The number of hydrogen-bond acceptors (Lipinski definition) is 1. The highest BCUT2D eigenvalue weighted by Gasteiger charge is 2.25. The van der Waals surface area contributed by atoms with Gasteiger partial charge < -0.3 is 10.6 Å². The molecule has 0 aliphatic heterocycles. The fraction of sp³-hybridized carbons (Fsp3) is 0.562. The van der Waals surface area contributed by atoms with E-state index in [9.17, 15) is 22.0 Å². The summed E-state index contributed by atoms with van der Waals surface area (Å²) in [6.07, 6.45) is -4.67. The first-order valence-corrected chi connectivity index (χ1v) is 7.79. The summed E-state index contributed by atoms with van der Waals surface area (Å²) in [4.78, 5) is 4.18. The van der Waals surface area contributed by atoms with Crippen molar-refractivity contribution in [2.45, 2.75) is 45.3 Å². The predicted molar refractivity (Wildman–Crippen MR) is 99.2 cm³/mol. The van der Waals surface area contributed by atoms with Crippen molar-refractivity contribution in [3.63, 3.8) is 0 Å². The number of alkyl halides is 3. The molecule has 0 saturated carbocycles. The average Bonchev–Trinajstić information content (AvgIpc) is 2.45. The Morgan fingerprint density at radius 2 is 1.88 bits per heavy atom. The predicted octanol–water partition coefficient (Wildman–Crippen LogP) is 4.93. The molecule has 1 rings (SSSR count). The Balaban J connectivity index is 0.00000576. The fourth-order valence-corrected chi connectivity index (χ4v) is 2.08. The largest absolute Gasteiger partial charge is 0.389 e. The zero-order valence-electron chi connectivity index (χ0n) is 14.1. The highest BCUT2D eigenvalue weighted by Crippen LogP contribution is 2.22. The van der Waals surface area contributed by atoms with Gasteiger partial charge in [0.2, 0.25) is 0 Å². The van der Waals surface area contributed by atoms with E-state index in [1.165, 1.54) is 6.07 Å². The van der Waals surface area contributed by atoms with Crippen LogP contribution in [0.2, 0.25) is 0 Å². The third kappa shape index (κ3) is 9.81. The Bertz CT molecular complexity index is 549. The number of unbranched alkanes of at least 4 members (excludes halogenated alkanes) is 1. The van der Waals surface area contributed by atoms with E-state index >= 15 is 0 Å². The van der Waals surface area contributed by atoms with Gasteiger partial charge in [-0.05, 0) is 32.8 Å². The topological polar surface area (TPSA) is 36.4 Å². The van der Waals surface area contributed by atoms with E-state index in [2.05, 4.69) is 15.6 Å². The molecule has 144 valence electrons. The lowest BCUT2D eigenvalue weighted by Crippen LogP contribution is -2.39. The summed E-state index contributed by atoms with van der Waals surface area (Å²) in [5.74, 6) is -0.953. The van der Waals surface area contributed by atoms with Crippen molar-refractivity contribution < 1.29 is 22.0 Å². The van der Waals surface area contributed by atoms with Gasteiger partial charge in [0.1, 0.15) is 11.6 Å². The van der Waals surface area contributed by atoms with Crippen LogP contribution in [0.25, 0.3) is 0 Å². The van der Waals surface area contributed by atoms with Gasteiger partial charge in [-0.15, -0.1) is 24.0 Å². The monoisotopic (exact) mass is 479 g/mol. The zero-order chi connectivity index (χ0) is 18.2. The summed E-state index contributed by atoms with van der Waals surface area (Å²) >= 11 is 0. The van der Waals surface area contributed by atoms with Crippen LogP contribution in [-0.4, -0.2) is 25.2 Å². The average molecular weight is 479 g/mol. The van der Waals surface area contributed by atoms with Crippen molar-refractivity contribution in [2.75, 3.05) is 13.1 Å². The molecule has 0 spiro atoms. The third-order valence-electron chi connectivity index (χ3n) is 3.26. The highest BCUT2D eigenvalue weighted by atomic mass is 127. The van der Waals surface area contributed by atoms with Gasteiger partial charge in [0, 0.05) is 31.1 Å². The smallest absolute Gasteiger partial charge is 0.357 e. The Morgan fingerprint density at radius 1 is 1.20 bits per heavy atom. The van der Waals surface area contributed by atoms with Gasteiger partial charge in [0.25, 0.3) is 0 Å². The lowest BCUT2D eigenvalue weighted by molar-refractivity contribution is -0.135. The van der Waals surface area contributed by atoms with Crippen LogP contribution in [0, 0.1) is 11.6 Å². The van der Waals surface area contributed by atoms with Gasteiger partial charge in [-0.1, -0.05) is 6.07 Å². The number of rotatable bonds is 7. The number of aliphatic imine (C=N–C) groups is 1. The molecule has 1 aromatic carbocycles. The molecule has 1 aromatic rings. The molecule has 3 nitrogen and oxygen atoms in total. The van der Waals surface area contributed by atoms with Crippen LogP contribution >= 0.6 is 24.0 Å². The molecule has 0 aliphatic carbocycles.